The summed E-state index contributed by atoms with van der Waals surface area (Å²) in [5.74, 6) is -0.670. The fraction of sp³-hybridized carbons (Fsp3) is 0.154. The van der Waals surface area contributed by atoms with Crippen molar-refractivity contribution in [2.24, 2.45) is 5.73 Å². The number of aromatic hydroxyl groups is 1. The van der Waals surface area contributed by atoms with E-state index >= 15 is 0 Å². The third-order valence-corrected chi connectivity index (χ3v) is 5.80. The number of ether oxygens (including phenoxy) is 1. The topological polar surface area (TPSA) is 85.4 Å². The van der Waals surface area contributed by atoms with E-state index in [1.54, 1.807) is 36.5 Å². The summed E-state index contributed by atoms with van der Waals surface area (Å²) in [5.41, 5.74) is 7.76. The van der Waals surface area contributed by atoms with Crippen molar-refractivity contribution < 1.29 is 14.6 Å². The Kier molecular flexibility index (Phi) is 6.57. The number of pyridine rings is 1. The molecule has 0 fully saturated rings. The Morgan fingerprint density at radius 3 is 2.41 bits per heavy atom. The van der Waals surface area contributed by atoms with Crippen LogP contribution in [0.1, 0.15) is 23.5 Å². The maximum Gasteiger partial charge on any atom is 0.259 e. The summed E-state index contributed by atoms with van der Waals surface area (Å²) in [6.45, 7) is 0. The Morgan fingerprint density at radius 1 is 1.03 bits per heavy atom. The number of amides is 1. The number of nitrogens with two attached hydrogens (primary N) is 1. The second-order valence-corrected chi connectivity index (χ2v) is 7.99. The highest BCUT2D eigenvalue weighted by atomic mass is 35.5. The van der Waals surface area contributed by atoms with Crippen LogP contribution in [-0.2, 0) is 11.2 Å². The summed E-state index contributed by atoms with van der Waals surface area (Å²) in [6, 6.07) is 24.2. The van der Waals surface area contributed by atoms with Crippen LogP contribution in [0.3, 0.4) is 0 Å². The first-order valence-corrected chi connectivity index (χ1v) is 10.7. The zero-order valence-electron chi connectivity index (χ0n) is 17.3. The first-order valence-electron chi connectivity index (χ1n) is 10.4. The quantitative estimate of drug-likeness (QED) is 0.387. The first-order chi connectivity index (χ1) is 15.5. The zero-order valence-corrected chi connectivity index (χ0v) is 18.1. The normalized spacial score (nSPS) is 12.9. The molecule has 6 heteroatoms. The number of fused-ring (bicyclic) bond motifs is 1. The number of nitrogens with zero attached hydrogens (tertiary/aromatic N) is 1. The lowest BCUT2D eigenvalue weighted by Crippen LogP contribution is -2.39. The molecule has 32 heavy (non-hydrogen) atoms. The molecule has 2 atom stereocenters. The predicted octanol–water partition coefficient (Wildman–Crippen LogP) is 5.24. The Bertz CT molecular complexity index is 1220. The van der Waals surface area contributed by atoms with Gasteiger partial charge in [0.25, 0.3) is 5.91 Å². The van der Waals surface area contributed by atoms with Crippen LogP contribution in [0.25, 0.3) is 10.9 Å². The fourth-order valence-electron chi connectivity index (χ4n) is 3.91. The maximum atomic E-state index is 12.6. The van der Waals surface area contributed by atoms with Crippen molar-refractivity contribution in [3.63, 3.8) is 0 Å². The highest BCUT2D eigenvalue weighted by molar-refractivity contribution is 6.35. The summed E-state index contributed by atoms with van der Waals surface area (Å²) in [4.78, 5) is 16.9. The third kappa shape index (κ3) is 4.68. The summed E-state index contributed by atoms with van der Waals surface area (Å²) < 4.78 is 6.04. The minimum Gasteiger partial charge on any atom is -0.505 e. The van der Waals surface area contributed by atoms with E-state index in [2.05, 4.69) is 4.98 Å². The molecule has 4 rings (SSSR count). The van der Waals surface area contributed by atoms with Gasteiger partial charge in [0.1, 0.15) is 17.0 Å². The molecule has 0 saturated carbocycles. The molecule has 0 aliphatic heterocycles. The van der Waals surface area contributed by atoms with Gasteiger partial charge in [0, 0.05) is 23.1 Å². The van der Waals surface area contributed by atoms with Crippen LogP contribution in [0.15, 0.2) is 85.1 Å². The molecule has 1 aromatic heterocycles. The number of aromatic nitrogens is 1. The van der Waals surface area contributed by atoms with Crippen LogP contribution in [0.4, 0.5) is 0 Å². The van der Waals surface area contributed by atoms with E-state index in [9.17, 15) is 9.90 Å². The molecule has 0 aliphatic carbocycles. The molecule has 0 spiro atoms. The van der Waals surface area contributed by atoms with Crippen LogP contribution < -0.4 is 10.5 Å². The van der Waals surface area contributed by atoms with Crippen molar-refractivity contribution in [2.45, 2.75) is 24.9 Å². The van der Waals surface area contributed by atoms with Crippen LogP contribution in [-0.4, -0.2) is 22.1 Å². The third-order valence-electron chi connectivity index (χ3n) is 5.48. The van der Waals surface area contributed by atoms with E-state index in [0.717, 1.165) is 5.56 Å². The molecule has 0 radical (unpaired) electrons. The van der Waals surface area contributed by atoms with Crippen LogP contribution >= 0.6 is 11.6 Å². The predicted molar refractivity (Wildman–Crippen MR) is 126 cm³/mol. The SMILES string of the molecule is NC(=O)C(Oc1ccccc1)C(CCc1ccccc1)c1cc(Cl)c2cccnc2c1O. The summed E-state index contributed by atoms with van der Waals surface area (Å²) in [7, 11) is 0. The lowest BCUT2D eigenvalue weighted by Gasteiger charge is -2.27. The highest BCUT2D eigenvalue weighted by Gasteiger charge is 2.33. The molecule has 5 nitrogen and oxygen atoms in total. The monoisotopic (exact) mass is 446 g/mol. The number of para-hydroxylation sites is 1. The average molecular weight is 447 g/mol. The maximum absolute atomic E-state index is 12.6. The van der Waals surface area contributed by atoms with E-state index in [-0.39, 0.29) is 5.75 Å². The summed E-state index contributed by atoms with van der Waals surface area (Å²) in [5, 5.41) is 12.2. The van der Waals surface area contributed by atoms with Gasteiger partial charge in [-0.2, -0.15) is 0 Å². The lowest BCUT2D eigenvalue weighted by molar-refractivity contribution is -0.125. The number of hydrogen-bond acceptors (Lipinski definition) is 4. The Labute approximate surface area is 191 Å². The van der Waals surface area contributed by atoms with Gasteiger partial charge in [-0.1, -0.05) is 60.1 Å². The number of hydrogen-bond donors (Lipinski definition) is 2. The second kappa shape index (κ2) is 9.71. The Balaban J connectivity index is 1.78. The molecule has 2 unspecified atom stereocenters. The molecule has 0 bridgehead atoms. The summed E-state index contributed by atoms with van der Waals surface area (Å²) in [6.07, 6.45) is 1.74. The van der Waals surface area contributed by atoms with Gasteiger partial charge in [-0.15, -0.1) is 0 Å². The van der Waals surface area contributed by atoms with Gasteiger partial charge in [-0.25, -0.2) is 0 Å². The van der Waals surface area contributed by atoms with Crippen LogP contribution in [0.5, 0.6) is 11.5 Å². The molecule has 1 amide bonds. The van der Waals surface area contributed by atoms with Crippen molar-refractivity contribution >= 4 is 28.4 Å². The number of halogens is 1. The van der Waals surface area contributed by atoms with Crippen molar-refractivity contribution in [3.05, 3.63) is 101 Å². The molecule has 4 aromatic rings. The van der Waals surface area contributed by atoms with E-state index < -0.39 is 17.9 Å². The average Bonchev–Trinajstić information content (AvgIpc) is 2.82. The number of aryl methyl sites for hydroxylation is 1. The van der Waals surface area contributed by atoms with Crippen molar-refractivity contribution in [3.8, 4) is 11.5 Å². The van der Waals surface area contributed by atoms with Gasteiger partial charge in [0.15, 0.2) is 6.10 Å². The molecule has 0 aliphatic rings. The van der Waals surface area contributed by atoms with Gasteiger partial charge in [-0.05, 0) is 48.7 Å². The van der Waals surface area contributed by atoms with E-state index in [1.165, 1.54) is 0 Å². The Morgan fingerprint density at radius 2 is 1.72 bits per heavy atom. The lowest BCUT2D eigenvalue weighted by atomic mass is 9.86. The molecular weight excluding hydrogens is 424 g/mol. The second-order valence-electron chi connectivity index (χ2n) is 7.58. The standard InChI is InChI=1S/C26H23ClN2O3/c27-22-16-21(24(30)23-20(22)12-7-15-29-23)19(14-13-17-8-3-1-4-9-17)25(26(28)31)32-18-10-5-2-6-11-18/h1-12,15-16,19,25,30H,13-14H2,(H2,28,31). The number of carbonyl (C=O) groups is 1. The van der Waals surface area contributed by atoms with E-state index in [0.29, 0.717) is 40.1 Å². The van der Waals surface area contributed by atoms with Crippen LogP contribution in [0.2, 0.25) is 5.02 Å². The number of benzene rings is 3. The molecular formula is C26H23ClN2O3. The number of rotatable bonds is 8. The van der Waals surface area contributed by atoms with Gasteiger partial charge in [0.2, 0.25) is 0 Å². The number of phenolic OH excluding ortho intramolecular Hbond substituents is 1. The molecule has 162 valence electrons. The fourth-order valence-corrected chi connectivity index (χ4v) is 4.18. The summed E-state index contributed by atoms with van der Waals surface area (Å²) >= 11 is 6.53. The van der Waals surface area contributed by atoms with Gasteiger partial charge in [0.05, 0.1) is 5.02 Å². The smallest absolute Gasteiger partial charge is 0.259 e. The molecule has 3 N–H and O–H groups in total. The van der Waals surface area contributed by atoms with Gasteiger partial charge < -0.3 is 15.6 Å². The van der Waals surface area contributed by atoms with Gasteiger partial charge in [-0.3, -0.25) is 9.78 Å². The molecule has 1 heterocycles. The Hall–Kier alpha value is -3.57. The van der Waals surface area contributed by atoms with Crippen molar-refractivity contribution in [2.75, 3.05) is 0 Å². The molecule has 0 saturated heterocycles. The minimum absolute atomic E-state index is 0.0222. The number of phenols is 1. The van der Waals surface area contributed by atoms with Gasteiger partial charge >= 0.3 is 0 Å². The first kappa shape index (κ1) is 21.7. The number of primary amides is 1. The largest absolute Gasteiger partial charge is 0.505 e. The minimum atomic E-state index is -1.01. The zero-order chi connectivity index (χ0) is 22.5. The van der Waals surface area contributed by atoms with E-state index in [1.807, 2.05) is 48.5 Å². The molecule has 3 aromatic carbocycles. The van der Waals surface area contributed by atoms with Crippen LogP contribution in [0, 0.1) is 0 Å². The van der Waals surface area contributed by atoms with Crippen molar-refractivity contribution in [1.29, 1.82) is 0 Å². The van der Waals surface area contributed by atoms with E-state index in [4.69, 9.17) is 22.1 Å². The highest BCUT2D eigenvalue weighted by Crippen LogP contribution is 2.40. The van der Waals surface area contributed by atoms with Crippen molar-refractivity contribution in [1.82, 2.24) is 4.98 Å². The number of carbonyl (C=O) groups excluding carboxylic acids is 1.